The minimum Gasteiger partial charge on any atom is -0.384 e. The van der Waals surface area contributed by atoms with Crippen LogP contribution in [0.1, 0.15) is 12.0 Å². The van der Waals surface area contributed by atoms with Gasteiger partial charge in [-0.15, -0.1) is 0 Å². The lowest BCUT2D eigenvalue weighted by Gasteiger charge is -2.16. The van der Waals surface area contributed by atoms with Crippen molar-refractivity contribution in [2.24, 2.45) is 5.92 Å². The van der Waals surface area contributed by atoms with Crippen molar-refractivity contribution in [2.45, 2.75) is 13.0 Å². The summed E-state index contributed by atoms with van der Waals surface area (Å²) in [5.74, 6) is 0.698. The van der Waals surface area contributed by atoms with E-state index in [0.717, 1.165) is 25.4 Å². The van der Waals surface area contributed by atoms with Crippen molar-refractivity contribution in [1.82, 2.24) is 14.7 Å². The van der Waals surface area contributed by atoms with Crippen molar-refractivity contribution in [3.63, 3.8) is 0 Å². The maximum Gasteiger partial charge on any atom is 0.0645 e. The molecule has 0 aliphatic carbocycles. The molecule has 1 aliphatic rings. The summed E-state index contributed by atoms with van der Waals surface area (Å²) in [4.78, 5) is 2.51. The van der Waals surface area contributed by atoms with Gasteiger partial charge in [-0.3, -0.25) is 4.90 Å². The summed E-state index contributed by atoms with van der Waals surface area (Å²) in [7, 11) is 1.79. The van der Waals surface area contributed by atoms with Crippen LogP contribution in [-0.4, -0.2) is 41.5 Å². The van der Waals surface area contributed by atoms with E-state index < -0.39 is 0 Å². The Labute approximate surface area is 120 Å². The molecule has 1 aromatic heterocycles. The number of nitrogens with zero attached hydrogens (tertiary/aromatic N) is 3. The van der Waals surface area contributed by atoms with E-state index in [0.29, 0.717) is 5.92 Å². The van der Waals surface area contributed by atoms with Gasteiger partial charge in [-0.2, -0.15) is 5.10 Å². The van der Waals surface area contributed by atoms with E-state index in [-0.39, 0.29) is 0 Å². The quantitative estimate of drug-likeness (QED) is 0.836. The van der Waals surface area contributed by atoms with Crippen molar-refractivity contribution in [3.05, 3.63) is 48.3 Å². The second kappa shape index (κ2) is 6.20. The molecule has 1 fully saturated rings. The molecule has 2 heterocycles. The molecular formula is C16H21N3O. The molecule has 0 spiro atoms. The van der Waals surface area contributed by atoms with Crippen molar-refractivity contribution >= 4 is 0 Å². The molecule has 0 bridgehead atoms. The molecule has 4 nitrogen and oxygen atoms in total. The number of methoxy groups -OCH3 is 1. The molecule has 20 heavy (non-hydrogen) atoms. The van der Waals surface area contributed by atoms with Crippen LogP contribution in [0.2, 0.25) is 0 Å². The lowest BCUT2D eigenvalue weighted by atomic mass is 10.1. The number of ether oxygens (including phenoxy) is 1. The lowest BCUT2D eigenvalue weighted by molar-refractivity contribution is 0.152. The lowest BCUT2D eigenvalue weighted by Crippen LogP contribution is -2.21. The summed E-state index contributed by atoms with van der Waals surface area (Å²) >= 11 is 0. The summed E-state index contributed by atoms with van der Waals surface area (Å²) in [6.07, 6.45) is 5.01. The average molecular weight is 271 g/mol. The van der Waals surface area contributed by atoms with Crippen LogP contribution < -0.4 is 0 Å². The van der Waals surface area contributed by atoms with Gasteiger partial charge in [-0.25, -0.2) is 4.68 Å². The zero-order valence-corrected chi connectivity index (χ0v) is 11.9. The predicted octanol–water partition coefficient (Wildman–Crippen LogP) is 2.34. The number of aromatic nitrogens is 2. The van der Waals surface area contributed by atoms with Gasteiger partial charge in [-0.05, 0) is 42.6 Å². The Morgan fingerprint density at radius 1 is 1.30 bits per heavy atom. The van der Waals surface area contributed by atoms with Gasteiger partial charge in [-0.1, -0.05) is 12.1 Å². The first-order chi connectivity index (χ1) is 9.85. The van der Waals surface area contributed by atoms with Crippen LogP contribution in [0.3, 0.4) is 0 Å². The van der Waals surface area contributed by atoms with Gasteiger partial charge in [0.25, 0.3) is 0 Å². The molecule has 1 aliphatic heterocycles. The van der Waals surface area contributed by atoms with Gasteiger partial charge in [0.2, 0.25) is 0 Å². The first-order valence-electron chi connectivity index (χ1n) is 7.15. The fourth-order valence-electron chi connectivity index (χ4n) is 2.86. The maximum absolute atomic E-state index is 5.24. The number of hydrogen-bond donors (Lipinski definition) is 0. The Morgan fingerprint density at radius 2 is 2.15 bits per heavy atom. The Balaban J connectivity index is 1.59. The molecule has 0 amide bonds. The van der Waals surface area contributed by atoms with Gasteiger partial charge >= 0.3 is 0 Å². The molecule has 106 valence electrons. The largest absolute Gasteiger partial charge is 0.384 e. The van der Waals surface area contributed by atoms with Crippen molar-refractivity contribution in [3.8, 4) is 5.69 Å². The molecule has 1 aromatic carbocycles. The number of hydrogen-bond acceptors (Lipinski definition) is 3. The molecule has 0 N–H and O–H groups in total. The molecule has 2 aromatic rings. The summed E-state index contributed by atoms with van der Waals surface area (Å²) < 4.78 is 7.13. The maximum atomic E-state index is 5.24. The highest BCUT2D eigenvalue weighted by Gasteiger charge is 2.21. The summed E-state index contributed by atoms with van der Waals surface area (Å²) in [5, 5.41) is 4.24. The van der Waals surface area contributed by atoms with Crippen LogP contribution in [0.25, 0.3) is 5.69 Å². The van der Waals surface area contributed by atoms with E-state index in [1.807, 2.05) is 16.9 Å². The molecule has 0 unspecified atom stereocenters. The second-order valence-electron chi connectivity index (χ2n) is 5.46. The summed E-state index contributed by atoms with van der Waals surface area (Å²) in [6.45, 7) is 4.23. The molecule has 0 saturated carbocycles. The van der Waals surface area contributed by atoms with Crippen molar-refractivity contribution < 1.29 is 4.74 Å². The fourth-order valence-corrected chi connectivity index (χ4v) is 2.86. The SMILES string of the molecule is COC[C@@H]1CCN(Cc2ccc(-n3cccn3)cc2)C1. The van der Waals surface area contributed by atoms with Crippen LogP contribution in [0.4, 0.5) is 0 Å². The zero-order valence-electron chi connectivity index (χ0n) is 11.9. The zero-order chi connectivity index (χ0) is 13.8. The predicted molar refractivity (Wildman–Crippen MR) is 78.8 cm³/mol. The minimum absolute atomic E-state index is 0.698. The van der Waals surface area contributed by atoms with Crippen LogP contribution in [0.15, 0.2) is 42.7 Å². The second-order valence-corrected chi connectivity index (χ2v) is 5.46. The number of likely N-dealkylation sites (tertiary alicyclic amines) is 1. The van der Waals surface area contributed by atoms with E-state index in [4.69, 9.17) is 4.74 Å². The topological polar surface area (TPSA) is 30.3 Å². The summed E-state index contributed by atoms with van der Waals surface area (Å²) in [5.41, 5.74) is 2.47. The number of rotatable bonds is 5. The highest BCUT2D eigenvalue weighted by molar-refractivity contribution is 5.33. The van der Waals surface area contributed by atoms with E-state index in [2.05, 4.69) is 34.3 Å². The molecule has 1 atom stereocenters. The first kappa shape index (κ1) is 13.3. The van der Waals surface area contributed by atoms with Gasteiger partial charge < -0.3 is 4.74 Å². The molecular weight excluding hydrogens is 250 g/mol. The van der Waals surface area contributed by atoms with E-state index in [1.165, 1.54) is 18.5 Å². The molecule has 3 rings (SSSR count). The van der Waals surface area contributed by atoms with Crippen molar-refractivity contribution in [2.75, 3.05) is 26.8 Å². The normalized spacial score (nSPS) is 19.6. The van der Waals surface area contributed by atoms with E-state index in [9.17, 15) is 0 Å². The van der Waals surface area contributed by atoms with Gasteiger partial charge in [0, 0.05) is 32.6 Å². The standard InChI is InChI=1S/C16H21N3O/c1-20-13-15-7-10-18(12-15)11-14-3-5-16(6-4-14)19-9-2-8-17-19/h2-6,8-9,15H,7,10-13H2,1H3/t15-/m1/s1. The Bertz CT molecular complexity index is 521. The highest BCUT2D eigenvalue weighted by atomic mass is 16.5. The molecule has 0 radical (unpaired) electrons. The van der Waals surface area contributed by atoms with Gasteiger partial charge in [0.15, 0.2) is 0 Å². The highest BCUT2D eigenvalue weighted by Crippen LogP contribution is 2.19. The van der Waals surface area contributed by atoms with Crippen LogP contribution in [-0.2, 0) is 11.3 Å². The first-order valence-corrected chi connectivity index (χ1v) is 7.15. The Kier molecular flexibility index (Phi) is 4.14. The smallest absolute Gasteiger partial charge is 0.0645 e. The van der Waals surface area contributed by atoms with Crippen LogP contribution in [0.5, 0.6) is 0 Å². The third kappa shape index (κ3) is 3.08. The van der Waals surface area contributed by atoms with E-state index >= 15 is 0 Å². The Hall–Kier alpha value is -1.65. The van der Waals surface area contributed by atoms with E-state index in [1.54, 1.807) is 13.3 Å². The monoisotopic (exact) mass is 271 g/mol. The molecule has 1 saturated heterocycles. The average Bonchev–Trinajstić information content (AvgIpc) is 3.12. The Morgan fingerprint density at radius 3 is 2.85 bits per heavy atom. The fraction of sp³-hybridized carbons (Fsp3) is 0.438. The van der Waals surface area contributed by atoms with Crippen molar-refractivity contribution in [1.29, 1.82) is 0 Å². The number of benzene rings is 1. The van der Waals surface area contributed by atoms with Gasteiger partial charge in [0.05, 0.1) is 12.3 Å². The minimum atomic E-state index is 0.698. The molecule has 4 heteroatoms. The van der Waals surface area contributed by atoms with Crippen LogP contribution >= 0.6 is 0 Å². The van der Waals surface area contributed by atoms with Crippen LogP contribution in [0, 0.1) is 5.92 Å². The summed E-state index contributed by atoms with van der Waals surface area (Å²) in [6, 6.07) is 10.6. The third-order valence-electron chi connectivity index (χ3n) is 3.88. The van der Waals surface area contributed by atoms with Gasteiger partial charge in [0.1, 0.15) is 0 Å². The third-order valence-corrected chi connectivity index (χ3v) is 3.88.